The SMILES string of the molecule is CCCNc1nc(C)cn1CCc1nc(C)cs1. The number of nitrogens with one attached hydrogen (secondary N) is 1. The molecule has 0 saturated heterocycles. The second kappa shape index (κ2) is 6.00. The number of hydrogen-bond acceptors (Lipinski definition) is 4. The van der Waals surface area contributed by atoms with Gasteiger partial charge in [-0.2, -0.15) is 0 Å². The van der Waals surface area contributed by atoms with Gasteiger partial charge < -0.3 is 9.88 Å². The van der Waals surface area contributed by atoms with Crippen LogP contribution in [0.25, 0.3) is 0 Å². The number of rotatable bonds is 6. The molecule has 0 aromatic carbocycles. The third-order valence-electron chi connectivity index (χ3n) is 2.66. The molecule has 0 aliphatic heterocycles. The normalized spacial score (nSPS) is 10.8. The summed E-state index contributed by atoms with van der Waals surface area (Å²) in [6, 6.07) is 0. The lowest BCUT2D eigenvalue weighted by atomic mass is 10.4. The van der Waals surface area contributed by atoms with Crippen molar-refractivity contribution in [1.82, 2.24) is 14.5 Å². The highest BCUT2D eigenvalue weighted by Crippen LogP contribution is 2.13. The van der Waals surface area contributed by atoms with Crippen molar-refractivity contribution in [2.45, 2.75) is 40.2 Å². The van der Waals surface area contributed by atoms with Gasteiger partial charge in [0.05, 0.1) is 10.7 Å². The number of anilines is 1. The second-order valence-corrected chi connectivity index (χ2v) is 5.40. The fourth-order valence-corrected chi connectivity index (χ4v) is 2.59. The molecule has 2 aromatic rings. The summed E-state index contributed by atoms with van der Waals surface area (Å²) in [5.74, 6) is 0.975. The summed E-state index contributed by atoms with van der Waals surface area (Å²) in [5, 5.41) is 6.66. The van der Waals surface area contributed by atoms with Gasteiger partial charge in [0.1, 0.15) is 0 Å². The molecule has 1 N–H and O–H groups in total. The number of hydrogen-bond donors (Lipinski definition) is 1. The van der Waals surface area contributed by atoms with Crippen LogP contribution in [0, 0.1) is 13.8 Å². The van der Waals surface area contributed by atoms with E-state index in [9.17, 15) is 0 Å². The Bertz CT molecular complexity index is 501. The maximum atomic E-state index is 4.50. The monoisotopic (exact) mass is 264 g/mol. The van der Waals surface area contributed by atoms with Crippen molar-refractivity contribution in [2.75, 3.05) is 11.9 Å². The molecule has 4 nitrogen and oxygen atoms in total. The fraction of sp³-hybridized carbons (Fsp3) is 0.538. The standard InChI is InChI=1S/C13H20N4S/c1-4-6-14-13-16-10(2)8-17(13)7-5-12-15-11(3)9-18-12/h8-9H,4-7H2,1-3H3,(H,14,16). The largest absolute Gasteiger partial charge is 0.356 e. The van der Waals surface area contributed by atoms with Gasteiger partial charge in [-0.1, -0.05) is 6.92 Å². The zero-order valence-electron chi connectivity index (χ0n) is 11.2. The van der Waals surface area contributed by atoms with Gasteiger partial charge >= 0.3 is 0 Å². The zero-order valence-corrected chi connectivity index (χ0v) is 12.0. The van der Waals surface area contributed by atoms with Crippen LogP contribution in [0.2, 0.25) is 0 Å². The van der Waals surface area contributed by atoms with Gasteiger partial charge in [-0.25, -0.2) is 9.97 Å². The predicted octanol–water partition coefficient (Wildman–Crippen LogP) is 3.02. The quantitative estimate of drug-likeness (QED) is 0.872. The van der Waals surface area contributed by atoms with Crippen molar-refractivity contribution in [3.8, 4) is 0 Å². The molecular formula is C13H20N4S. The van der Waals surface area contributed by atoms with Gasteiger partial charge in [-0.05, 0) is 20.3 Å². The Morgan fingerprint density at radius 2 is 2.11 bits per heavy atom. The fourth-order valence-electron chi connectivity index (χ4n) is 1.83. The van der Waals surface area contributed by atoms with E-state index >= 15 is 0 Å². The molecule has 0 amide bonds. The van der Waals surface area contributed by atoms with Gasteiger partial charge in [0.2, 0.25) is 5.95 Å². The van der Waals surface area contributed by atoms with Crippen molar-refractivity contribution in [3.63, 3.8) is 0 Å². The smallest absolute Gasteiger partial charge is 0.203 e. The van der Waals surface area contributed by atoms with Gasteiger partial charge in [0, 0.05) is 36.8 Å². The summed E-state index contributed by atoms with van der Waals surface area (Å²) in [6.07, 6.45) is 4.17. The highest BCUT2D eigenvalue weighted by atomic mass is 32.1. The van der Waals surface area contributed by atoms with Crippen LogP contribution in [0.5, 0.6) is 0 Å². The van der Waals surface area contributed by atoms with E-state index in [-0.39, 0.29) is 0 Å². The van der Waals surface area contributed by atoms with Gasteiger partial charge in [0.15, 0.2) is 0 Å². The minimum Gasteiger partial charge on any atom is -0.356 e. The van der Waals surface area contributed by atoms with E-state index in [2.05, 4.69) is 38.4 Å². The van der Waals surface area contributed by atoms with E-state index in [1.165, 1.54) is 5.01 Å². The second-order valence-electron chi connectivity index (χ2n) is 4.46. The van der Waals surface area contributed by atoms with Crippen LogP contribution < -0.4 is 5.32 Å². The molecule has 2 aromatic heterocycles. The van der Waals surface area contributed by atoms with Crippen LogP contribution in [0.3, 0.4) is 0 Å². The molecule has 0 atom stereocenters. The van der Waals surface area contributed by atoms with E-state index in [1.807, 2.05) is 13.8 Å². The maximum Gasteiger partial charge on any atom is 0.203 e. The molecule has 0 aliphatic rings. The van der Waals surface area contributed by atoms with Crippen molar-refractivity contribution < 1.29 is 0 Å². The Hall–Kier alpha value is -1.36. The molecule has 18 heavy (non-hydrogen) atoms. The Balaban J connectivity index is 1.99. The number of aromatic nitrogens is 3. The molecule has 2 heterocycles. The van der Waals surface area contributed by atoms with Crippen LogP contribution in [0.1, 0.15) is 29.7 Å². The maximum absolute atomic E-state index is 4.50. The summed E-state index contributed by atoms with van der Waals surface area (Å²) >= 11 is 1.73. The lowest BCUT2D eigenvalue weighted by Gasteiger charge is -2.07. The first-order chi connectivity index (χ1) is 8.69. The summed E-state index contributed by atoms with van der Waals surface area (Å²) < 4.78 is 2.18. The first kappa shape index (κ1) is 13.1. The highest BCUT2D eigenvalue weighted by molar-refractivity contribution is 7.09. The summed E-state index contributed by atoms with van der Waals surface area (Å²) in [5.41, 5.74) is 2.17. The molecule has 0 spiro atoms. The minimum atomic E-state index is 0.930. The topological polar surface area (TPSA) is 42.7 Å². The van der Waals surface area contributed by atoms with Crippen molar-refractivity contribution in [2.24, 2.45) is 0 Å². The van der Waals surface area contributed by atoms with E-state index < -0.39 is 0 Å². The number of imidazole rings is 1. The first-order valence-electron chi connectivity index (χ1n) is 6.37. The third-order valence-corrected chi connectivity index (χ3v) is 3.69. The first-order valence-corrected chi connectivity index (χ1v) is 7.25. The lowest BCUT2D eigenvalue weighted by molar-refractivity contribution is 0.694. The summed E-state index contributed by atoms with van der Waals surface area (Å²) in [4.78, 5) is 8.99. The number of aryl methyl sites for hydroxylation is 4. The number of nitrogens with zero attached hydrogens (tertiary/aromatic N) is 3. The van der Waals surface area contributed by atoms with Crippen LogP contribution in [-0.4, -0.2) is 21.1 Å². The van der Waals surface area contributed by atoms with Gasteiger partial charge in [-0.3, -0.25) is 0 Å². The Morgan fingerprint density at radius 1 is 1.28 bits per heavy atom. The zero-order chi connectivity index (χ0) is 13.0. The third kappa shape index (κ3) is 3.32. The molecule has 2 rings (SSSR count). The number of thiazole rings is 1. The van der Waals surface area contributed by atoms with Crippen molar-refractivity contribution >= 4 is 17.3 Å². The average Bonchev–Trinajstić information content (AvgIpc) is 2.90. The van der Waals surface area contributed by atoms with E-state index in [0.717, 1.165) is 43.3 Å². The molecule has 0 saturated carbocycles. The Morgan fingerprint density at radius 3 is 2.78 bits per heavy atom. The van der Waals surface area contributed by atoms with Crippen LogP contribution in [0.15, 0.2) is 11.6 Å². The van der Waals surface area contributed by atoms with Gasteiger partial charge in [-0.15, -0.1) is 11.3 Å². The Labute approximate surface area is 112 Å². The molecule has 98 valence electrons. The Kier molecular flexibility index (Phi) is 4.36. The lowest BCUT2D eigenvalue weighted by Crippen LogP contribution is -2.09. The van der Waals surface area contributed by atoms with Crippen LogP contribution in [0.4, 0.5) is 5.95 Å². The molecule has 5 heteroatoms. The minimum absolute atomic E-state index is 0.930. The molecule has 0 bridgehead atoms. The van der Waals surface area contributed by atoms with E-state index in [4.69, 9.17) is 0 Å². The molecule has 0 unspecified atom stereocenters. The highest BCUT2D eigenvalue weighted by Gasteiger charge is 2.06. The molecule has 0 radical (unpaired) electrons. The molecule has 0 fully saturated rings. The molecular weight excluding hydrogens is 244 g/mol. The molecule has 0 aliphatic carbocycles. The summed E-state index contributed by atoms with van der Waals surface area (Å²) in [6.45, 7) is 8.12. The van der Waals surface area contributed by atoms with Crippen LogP contribution >= 0.6 is 11.3 Å². The predicted molar refractivity (Wildman–Crippen MR) is 76.3 cm³/mol. The summed E-state index contributed by atoms with van der Waals surface area (Å²) in [7, 11) is 0. The average molecular weight is 264 g/mol. The van der Waals surface area contributed by atoms with E-state index in [1.54, 1.807) is 11.3 Å². The van der Waals surface area contributed by atoms with E-state index in [0.29, 0.717) is 0 Å². The van der Waals surface area contributed by atoms with Crippen molar-refractivity contribution in [3.05, 3.63) is 28.0 Å². The van der Waals surface area contributed by atoms with Crippen LogP contribution in [-0.2, 0) is 13.0 Å². The van der Waals surface area contributed by atoms with Crippen molar-refractivity contribution in [1.29, 1.82) is 0 Å². The van der Waals surface area contributed by atoms with Gasteiger partial charge in [0.25, 0.3) is 0 Å².